The number of carbonyl (C=O) groups is 1. The van der Waals surface area contributed by atoms with Gasteiger partial charge in [-0.3, -0.25) is 9.69 Å². The number of hydrogen-bond donors (Lipinski definition) is 1. The van der Waals surface area contributed by atoms with Gasteiger partial charge in [-0.2, -0.15) is 0 Å². The molecule has 0 radical (unpaired) electrons. The summed E-state index contributed by atoms with van der Waals surface area (Å²) in [6.45, 7) is 3.60. The Morgan fingerprint density at radius 2 is 2.06 bits per heavy atom. The minimum absolute atomic E-state index is 0.0433. The number of rotatable bonds is 7. The Bertz CT molecular complexity index is 404. The molecule has 0 aliphatic carbocycles. The number of halogens is 2. The van der Waals surface area contributed by atoms with Crippen LogP contribution in [0.3, 0.4) is 0 Å². The maximum absolute atomic E-state index is 12.1. The smallest absolute Gasteiger partial charge is 0.178 e. The van der Waals surface area contributed by atoms with Crippen LogP contribution in [-0.2, 0) is 0 Å². The van der Waals surface area contributed by atoms with Crippen molar-refractivity contribution in [2.45, 2.75) is 13.3 Å². The van der Waals surface area contributed by atoms with Gasteiger partial charge in [0.15, 0.2) is 5.78 Å². The first-order chi connectivity index (χ1) is 8.58. The second kappa shape index (κ2) is 7.74. The SMILES string of the molecule is CCCN(CCO)CC(=O)c1ccc(Cl)cc1Cl. The van der Waals surface area contributed by atoms with Crippen molar-refractivity contribution in [1.82, 2.24) is 4.90 Å². The zero-order valence-electron chi connectivity index (χ0n) is 10.3. The molecular formula is C13H17Cl2NO2. The molecule has 1 aromatic carbocycles. The summed E-state index contributed by atoms with van der Waals surface area (Å²) in [5.74, 6) is -0.0569. The second-order valence-electron chi connectivity index (χ2n) is 4.05. The van der Waals surface area contributed by atoms with Gasteiger partial charge >= 0.3 is 0 Å². The lowest BCUT2D eigenvalue weighted by Gasteiger charge is -2.19. The van der Waals surface area contributed by atoms with Gasteiger partial charge in [0.05, 0.1) is 18.2 Å². The van der Waals surface area contributed by atoms with Gasteiger partial charge in [0.2, 0.25) is 0 Å². The Hall–Kier alpha value is -0.610. The van der Waals surface area contributed by atoms with Crippen LogP contribution in [0.25, 0.3) is 0 Å². The van der Waals surface area contributed by atoms with Crippen molar-refractivity contribution in [2.24, 2.45) is 0 Å². The number of ketones is 1. The molecule has 0 fully saturated rings. The van der Waals surface area contributed by atoms with Gasteiger partial charge in [-0.25, -0.2) is 0 Å². The highest BCUT2D eigenvalue weighted by atomic mass is 35.5. The first-order valence-corrected chi connectivity index (χ1v) is 6.65. The number of aliphatic hydroxyl groups is 1. The predicted molar refractivity (Wildman–Crippen MR) is 74.6 cm³/mol. The molecule has 1 rings (SSSR count). The standard InChI is InChI=1S/C13H17Cl2NO2/c1-2-5-16(6-7-17)9-13(18)11-4-3-10(14)8-12(11)15/h3-4,8,17H,2,5-7,9H2,1H3. The Morgan fingerprint density at radius 3 is 2.61 bits per heavy atom. The van der Waals surface area contributed by atoms with E-state index < -0.39 is 0 Å². The van der Waals surface area contributed by atoms with Crippen molar-refractivity contribution in [3.05, 3.63) is 33.8 Å². The van der Waals surface area contributed by atoms with E-state index in [1.165, 1.54) is 0 Å². The summed E-state index contributed by atoms with van der Waals surface area (Å²) >= 11 is 11.8. The van der Waals surface area contributed by atoms with E-state index in [4.69, 9.17) is 28.3 Å². The van der Waals surface area contributed by atoms with Gasteiger partial charge in [-0.05, 0) is 31.2 Å². The highest BCUT2D eigenvalue weighted by molar-refractivity contribution is 6.36. The van der Waals surface area contributed by atoms with Gasteiger partial charge in [-0.15, -0.1) is 0 Å². The Morgan fingerprint density at radius 1 is 1.33 bits per heavy atom. The zero-order chi connectivity index (χ0) is 13.5. The summed E-state index contributed by atoms with van der Waals surface area (Å²) in [6.07, 6.45) is 0.932. The van der Waals surface area contributed by atoms with E-state index in [0.717, 1.165) is 13.0 Å². The molecule has 0 saturated carbocycles. The molecule has 18 heavy (non-hydrogen) atoms. The quantitative estimate of drug-likeness (QED) is 0.785. The summed E-state index contributed by atoms with van der Waals surface area (Å²) in [5, 5.41) is 9.82. The average molecular weight is 290 g/mol. The second-order valence-corrected chi connectivity index (χ2v) is 4.89. The molecule has 5 heteroatoms. The van der Waals surface area contributed by atoms with E-state index in [1.807, 2.05) is 11.8 Å². The fourth-order valence-electron chi connectivity index (χ4n) is 1.73. The average Bonchev–Trinajstić information content (AvgIpc) is 2.29. The van der Waals surface area contributed by atoms with Crippen LogP contribution >= 0.6 is 23.2 Å². The van der Waals surface area contributed by atoms with Crippen LogP contribution < -0.4 is 0 Å². The normalized spacial score (nSPS) is 10.9. The molecule has 1 aromatic rings. The summed E-state index contributed by atoms with van der Waals surface area (Å²) in [5.41, 5.74) is 0.472. The van der Waals surface area contributed by atoms with Crippen molar-refractivity contribution in [3.63, 3.8) is 0 Å². The van der Waals surface area contributed by atoms with Gasteiger partial charge in [0.25, 0.3) is 0 Å². The lowest BCUT2D eigenvalue weighted by Crippen LogP contribution is -2.33. The molecule has 0 atom stereocenters. The number of hydrogen-bond acceptors (Lipinski definition) is 3. The third-order valence-corrected chi connectivity index (χ3v) is 3.10. The molecule has 3 nitrogen and oxygen atoms in total. The topological polar surface area (TPSA) is 40.5 Å². The highest BCUT2D eigenvalue weighted by Gasteiger charge is 2.14. The molecule has 0 saturated heterocycles. The molecule has 0 spiro atoms. The Kier molecular flexibility index (Phi) is 6.65. The van der Waals surface area contributed by atoms with Gasteiger partial charge < -0.3 is 5.11 Å². The lowest BCUT2D eigenvalue weighted by molar-refractivity contribution is 0.0915. The number of benzene rings is 1. The van der Waals surface area contributed by atoms with E-state index in [-0.39, 0.29) is 18.9 Å². The molecule has 1 N–H and O–H groups in total. The third kappa shape index (κ3) is 4.58. The molecule has 100 valence electrons. The summed E-state index contributed by atoms with van der Waals surface area (Å²) in [7, 11) is 0. The van der Waals surface area contributed by atoms with E-state index in [1.54, 1.807) is 18.2 Å². The molecular weight excluding hydrogens is 273 g/mol. The number of Topliss-reactive ketones (excluding diaryl/α,β-unsaturated/α-hetero) is 1. The van der Waals surface area contributed by atoms with Crippen molar-refractivity contribution >= 4 is 29.0 Å². The maximum atomic E-state index is 12.1. The van der Waals surface area contributed by atoms with Crippen LogP contribution in [0.4, 0.5) is 0 Å². The van der Waals surface area contributed by atoms with Crippen LogP contribution in [0.15, 0.2) is 18.2 Å². The zero-order valence-corrected chi connectivity index (χ0v) is 11.8. The molecule has 0 bridgehead atoms. The van der Waals surface area contributed by atoms with Crippen molar-refractivity contribution < 1.29 is 9.90 Å². The Balaban J connectivity index is 2.73. The predicted octanol–water partition coefficient (Wildman–Crippen LogP) is 2.88. The van der Waals surface area contributed by atoms with Gasteiger partial charge in [0.1, 0.15) is 0 Å². The number of nitrogens with zero attached hydrogens (tertiary/aromatic N) is 1. The highest BCUT2D eigenvalue weighted by Crippen LogP contribution is 2.21. The molecule has 0 unspecified atom stereocenters. The van der Waals surface area contributed by atoms with Gasteiger partial charge in [0, 0.05) is 17.1 Å². The monoisotopic (exact) mass is 289 g/mol. The minimum atomic E-state index is -0.0569. The van der Waals surface area contributed by atoms with E-state index in [2.05, 4.69) is 0 Å². The fraction of sp³-hybridized carbons (Fsp3) is 0.462. The summed E-state index contributed by atoms with van der Waals surface area (Å²) < 4.78 is 0. The number of aliphatic hydroxyl groups excluding tert-OH is 1. The van der Waals surface area contributed by atoms with Crippen molar-refractivity contribution in [1.29, 1.82) is 0 Å². The number of carbonyl (C=O) groups excluding carboxylic acids is 1. The first kappa shape index (κ1) is 15.4. The van der Waals surface area contributed by atoms with E-state index in [0.29, 0.717) is 22.2 Å². The fourth-order valence-corrected chi connectivity index (χ4v) is 2.25. The maximum Gasteiger partial charge on any atom is 0.178 e. The summed E-state index contributed by atoms with van der Waals surface area (Å²) in [6, 6.07) is 4.85. The van der Waals surface area contributed by atoms with Crippen LogP contribution in [0.1, 0.15) is 23.7 Å². The molecule has 0 aromatic heterocycles. The first-order valence-electron chi connectivity index (χ1n) is 5.90. The van der Waals surface area contributed by atoms with Crippen LogP contribution in [0.5, 0.6) is 0 Å². The molecule has 0 aliphatic rings. The molecule has 0 aliphatic heterocycles. The van der Waals surface area contributed by atoms with Crippen LogP contribution in [-0.4, -0.2) is 42.0 Å². The third-order valence-electron chi connectivity index (χ3n) is 2.55. The Labute approximate surface area is 117 Å². The molecule has 0 amide bonds. The van der Waals surface area contributed by atoms with E-state index >= 15 is 0 Å². The molecule has 0 heterocycles. The van der Waals surface area contributed by atoms with Crippen molar-refractivity contribution in [2.75, 3.05) is 26.2 Å². The lowest BCUT2D eigenvalue weighted by atomic mass is 10.1. The van der Waals surface area contributed by atoms with Crippen LogP contribution in [0, 0.1) is 0 Å². The van der Waals surface area contributed by atoms with Gasteiger partial charge in [-0.1, -0.05) is 30.1 Å². The largest absolute Gasteiger partial charge is 0.395 e. The minimum Gasteiger partial charge on any atom is -0.395 e. The van der Waals surface area contributed by atoms with Crippen molar-refractivity contribution in [3.8, 4) is 0 Å². The summed E-state index contributed by atoms with van der Waals surface area (Å²) in [4.78, 5) is 14.0. The van der Waals surface area contributed by atoms with E-state index in [9.17, 15) is 4.79 Å². The van der Waals surface area contributed by atoms with Crippen LogP contribution in [0.2, 0.25) is 10.0 Å².